The summed E-state index contributed by atoms with van der Waals surface area (Å²) in [6.07, 6.45) is -0.488. The van der Waals surface area contributed by atoms with Gasteiger partial charge in [-0.25, -0.2) is 0 Å². The monoisotopic (exact) mass is 249 g/mol. The second kappa shape index (κ2) is 6.07. The van der Waals surface area contributed by atoms with Crippen LogP contribution in [0.2, 0.25) is 0 Å². The minimum absolute atomic E-state index is 0.488. The highest BCUT2D eigenvalue weighted by molar-refractivity contribution is 5.49. The molecule has 4 nitrogen and oxygen atoms in total. The minimum atomic E-state index is -0.488. The molecule has 0 bridgehead atoms. The topological polar surface area (TPSA) is 35.9 Å². The molecule has 0 spiro atoms. The average Bonchev–Trinajstić information content (AvgIpc) is 2.39. The first-order chi connectivity index (χ1) is 8.69. The summed E-state index contributed by atoms with van der Waals surface area (Å²) in [6, 6.07) is 8.15. The van der Waals surface area contributed by atoms with Gasteiger partial charge in [-0.1, -0.05) is 0 Å². The number of piperazine rings is 1. The van der Waals surface area contributed by atoms with Crippen molar-refractivity contribution in [3.63, 3.8) is 0 Å². The quantitative estimate of drug-likeness (QED) is 0.864. The maximum Gasteiger partial charge on any atom is 0.119 e. The average molecular weight is 249 g/mol. The first kappa shape index (κ1) is 13.2. The second-order valence-electron chi connectivity index (χ2n) is 4.64. The van der Waals surface area contributed by atoms with Crippen molar-refractivity contribution in [3.05, 3.63) is 31.2 Å². The zero-order valence-electron chi connectivity index (χ0n) is 10.9. The standard InChI is InChI=1S/C14H21N2O2/c1-12(17)11-15-7-9-16(10-8-15)13-3-5-14(18-2)6-4-13/h3-6,12,17H,1,7-11H2,2H3. The zero-order chi connectivity index (χ0) is 13.0. The van der Waals surface area contributed by atoms with Crippen molar-refractivity contribution in [3.8, 4) is 5.75 Å². The number of hydrogen-bond acceptors (Lipinski definition) is 4. The Morgan fingerprint density at radius 3 is 2.33 bits per heavy atom. The summed E-state index contributed by atoms with van der Waals surface area (Å²) < 4.78 is 5.16. The molecule has 1 radical (unpaired) electrons. The van der Waals surface area contributed by atoms with Gasteiger partial charge in [-0.15, -0.1) is 0 Å². The lowest BCUT2D eigenvalue weighted by atomic mass is 10.2. The van der Waals surface area contributed by atoms with Gasteiger partial charge in [0.25, 0.3) is 0 Å². The van der Waals surface area contributed by atoms with E-state index in [-0.39, 0.29) is 0 Å². The number of β-amino-alcohol motifs (C(OH)–C–C–N with tert-alkyl or cyclic N) is 1. The van der Waals surface area contributed by atoms with Crippen LogP contribution in [0.5, 0.6) is 5.75 Å². The van der Waals surface area contributed by atoms with Crippen LogP contribution in [0.25, 0.3) is 0 Å². The lowest BCUT2D eigenvalue weighted by Crippen LogP contribution is -2.48. The maximum atomic E-state index is 9.26. The Kier molecular flexibility index (Phi) is 4.44. The van der Waals surface area contributed by atoms with Crippen molar-refractivity contribution < 1.29 is 9.84 Å². The fraction of sp³-hybridized carbons (Fsp3) is 0.500. The highest BCUT2D eigenvalue weighted by Crippen LogP contribution is 2.20. The SMILES string of the molecule is [CH2]C(O)CN1CCN(c2ccc(OC)cc2)CC1. The fourth-order valence-corrected chi connectivity index (χ4v) is 2.28. The minimum Gasteiger partial charge on any atom is -0.497 e. The molecule has 1 aromatic carbocycles. The molecule has 1 N–H and O–H groups in total. The van der Waals surface area contributed by atoms with Gasteiger partial charge in [0.05, 0.1) is 13.2 Å². The third kappa shape index (κ3) is 3.37. The smallest absolute Gasteiger partial charge is 0.119 e. The Morgan fingerprint density at radius 1 is 1.22 bits per heavy atom. The van der Waals surface area contributed by atoms with Crippen molar-refractivity contribution >= 4 is 5.69 Å². The van der Waals surface area contributed by atoms with Gasteiger partial charge in [-0.05, 0) is 31.2 Å². The fourth-order valence-electron chi connectivity index (χ4n) is 2.28. The molecular formula is C14H21N2O2. The molecule has 1 fully saturated rings. The van der Waals surface area contributed by atoms with Crippen molar-refractivity contribution in [2.75, 3.05) is 44.7 Å². The zero-order valence-corrected chi connectivity index (χ0v) is 10.9. The molecule has 0 amide bonds. The predicted octanol–water partition coefficient (Wildman–Crippen LogP) is 1.01. The molecule has 0 aliphatic carbocycles. The molecule has 1 unspecified atom stereocenters. The molecule has 1 saturated heterocycles. The Morgan fingerprint density at radius 2 is 1.83 bits per heavy atom. The summed E-state index contributed by atoms with van der Waals surface area (Å²) in [7, 11) is 1.68. The molecule has 1 aliphatic heterocycles. The Labute approximate surface area is 109 Å². The van der Waals surface area contributed by atoms with Crippen LogP contribution in [0.4, 0.5) is 5.69 Å². The molecule has 18 heavy (non-hydrogen) atoms. The Bertz CT molecular complexity index is 357. The van der Waals surface area contributed by atoms with E-state index in [0.717, 1.165) is 31.9 Å². The van der Waals surface area contributed by atoms with Crippen LogP contribution >= 0.6 is 0 Å². The maximum absolute atomic E-state index is 9.26. The van der Waals surface area contributed by atoms with Gasteiger partial charge in [0.15, 0.2) is 0 Å². The van der Waals surface area contributed by atoms with Crippen molar-refractivity contribution in [2.45, 2.75) is 6.10 Å². The second-order valence-corrected chi connectivity index (χ2v) is 4.64. The summed E-state index contributed by atoms with van der Waals surface area (Å²) in [5.74, 6) is 0.887. The molecular weight excluding hydrogens is 228 g/mol. The van der Waals surface area contributed by atoms with E-state index in [0.29, 0.717) is 6.54 Å². The lowest BCUT2D eigenvalue weighted by molar-refractivity contribution is 0.140. The van der Waals surface area contributed by atoms with E-state index in [9.17, 15) is 5.11 Å². The van der Waals surface area contributed by atoms with E-state index in [1.807, 2.05) is 12.1 Å². The van der Waals surface area contributed by atoms with E-state index >= 15 is 0 Å². The predicted molar refractivity (Wildman–Crippen MR) is 73.0 cm³/mol. The Balaban J connectivity index is 1.88. The van der Waals surface area contributed by atoms with Crippen molar-refractivity contribution in [1.82, 2.24) is 4.90 Å². The molecule has 4 heteroatoms. The van der Waals surface area contributed by atoms with Crippen LogP contribution in [0.1, 0.15) is 0 Å². The van der Waals surface area contributed by atoms with Crippen molar-refractivity contribution in [1.29, 1.82) is 0 Å². The number of rotatable bonds is 4. The highest BCUT2D eigenvalue weighted by atomic mass is 16.5. The number of ether oxygens (including phenoxy) is 1. The number of aliphatic hydroxyl groups is 1. The summed E-state index contributed by atoms with van der Waals surface area (Å²) in [4.78, 5) is 4.60. The van der Waals surface area contributed by atoms with Crippen LogP contribution in [-0.2, 0) is 0 Å². The van der Waals surface area contributed by atoms with Crippen LogP contribution < -0.4 is 9.64 Å². The molecule has 0 aromatic heterocycles. The van der Waals surface area contributed by atoms with Gasteiger partial charge in [0, 0.05) is 38.4 Å². The van der Waals surface area contributed by atoms with Crippen molar-refractivity contribution in [2.24, 2.45) is 0 Å². The van der Waals surface area contributed by atoms with Gasteiger partial charge in [0.1, 0.15) is 5.75 Å². The highest BCUT2D eigenvalue weighted by Gasteiger charge is 2.17. The normalized spacial score (nSPS) is 18.7. The number of benzene rings is 1. The van der Waals surface area contributed by atoms with Crippen LogP contribution in [0.3, 0.4) is 0 Å². The van der Waals surface area contributed by atoms with Gasteiger partial charge in [-0.3, -0.25) is 4.90 Å². The van der Waals surface area contributed by atoms with E-state index in [2.05, 4.69) is 28.9 Å². The third-order valence-electron chi connectivity index (χ3n) is 3.28. The summed E-state index contributed by atoms with van der Waals surface area (Å²) in [5.41, 5.74) is 1.23. The Hall–Kier alpha value is -1.26. The summed E-state index contributed by atoms with van der Waals surface area (Å²) in [5, 5.41) is 9.26. The van der Waals surface area contributed by atoms with Gasteiger partial charge < -0.3 is 14.7 Å². The van der Waals surface area contributed by atoms with Crippen LogP contribution in [0.15, 0.2) is 24.3 Å². The molecule has 1 aliphatic rings. The number of aliphatic hydroxyl groups excluding tert-OH is 1. The number of hydrogen-bond donors (Lipinski definition) is 1. The van der Waals surface area contributed by atoms with Gasteiger partial charge in [0.2, 0.25) is 0 Å². The number of anilines is 1. The molecule has 1 heterocycles. The number of methoxy groups -OCH3 is 1. The van der Waals surface area contributed by atoms with Gasteiger partial charge in [-0.2, -0.15) is 0 Å². The van der Waals surface area contributed by atoms with E-state index in [4.69, 9.17) is 4.74 Å². The first-order valence-electron chi connectivity index (χ1n) is 6.31. The first-order valence-corrected chi connectivity index (χ1v) is 6.31. The third-order valence-corrected chi connectivity index (χ3v) is 3.28. The van der Waals surface area contributed by atoms with Crippen LogP contribution in [-0.4, -0.2) is 55.9 Å². The molecule has 1 atom stereocenters. The molecule has 99 valence electrons. The van der Waals surface area contributed by atoms with Crippen LogP contribution in [0, 0.1) is 6.92 Å². The van der Waals surface area contributed by atoms with E-state index < -0.39 is 6.10 Å². The van der Waals surface area contributed by atoms with E-state index in [1.165, 1.54) is 5.69 Å². The largest absolute Gasteiger partial charge is 0.497 e. The molecule has 2 rings (SSSR count). The number of nitrogens with zero attached hydrogens (tertiary/aromatic N) is 2. The van der Waals surface area contributed by atoms with Gasteiger partial charge >= 0.3 is 0 Å². The lowest BCUT2D eigenvalue weighted by Gasteiger charge is -2.36. The summed E-state index contributed by atoms with van der Waals surface area (Å²) in [6.45, 7) is 8.19. The summed E-state index contributed by atoms with van der Waals surface area (Å²) >= 11 is 0. The van der Waals surface area contributed by atoms with E-state index in [1.54, 1.807) is 7.11 Å². The molecule has 0 saturated carbocycles. The molecule has 1 aromatic rings.